The predicted octanol–water partition coefficient (Wildman–Crippen LogP) is 3.62. The molecular weight excluding hydrogens is 224 g/mol. The summed E-state index contributed by atoms with van der Waals surface area (Å²) in [6.07, 6.45) is 2.61. The number of carbonyl (C=O) groups excluding carboxylic acids is 1. The number of ketones is 1. The van der Waals surface area contributed by atoms with E-state index in [-0.39, 0.29) is 12.4 Å². The van der Waals surface area contributed by atoms with Crippen LogP contribution >= 0.6 is 11.6 Å². The third-order valence-electron chi connectivity index (χ3n) is 2.25. The van der Waals surface area contributed by atoms with E-state index in [2.05, 4.69) is 6.92 Å². The van der Waals surface area contributed by atoms with Crippen molar-refractivity contribution in [3.05, 3.63) is 34.9 Å². The van der Waals surface area contributed by atoms with Crippen molar-refractivity contribution in [3.63, 3.8) is 0 Å². The Bertz CT molecular complexity index is 319. The van der Waals surface area contributed by atoms with Gasteiger partial charge in [0.2, 0.25) is 0 Å². The second-order valence-electron chi connectivity index (χ2n) is 3.76. The molecule has 0 amide bonds. The third-order valence-corrected chi connectivity index (χ3v) is 2.51. The van der Waals surface area contributed by atoms with E-state index in [0.29, 0.717) is 18.1 Å². The van der Waals surface area contributed by atoms with Crippen LogP contribution < -0.4 is 0 Å². The van der Waals surface area contributed by atoms with Gasteiger partial charge in [-0.3, -0.25) is 4.79 Å². The van der Waals surface area contributed by atoms with Crippen LogP contribution in [0.1, 0.15) is 31.7 Å². The summed E-state index contributed by atoms with van der Waals surface area (Å²) < 4.78 is 5.33. The summed E-state index contributed by atoms with van der Waals surface area (Å²) in [5, 5.41) is 0.711. The lowest BCUT2D eigenvalue weighted by atomic mass is 10.2. The van der Waals surface area contributed by atoms with Crippen LogP contribution in [0.5, 0.6) is 0 Å². The van der Waals surface area contributed by atoms with Gasteiger partial charge in [-0.25, -0.2) is 0 Å². The molecule has 0 saturated heterocycles. The molecule has 0 aliphatic carbocycles. The molecule has 0 aliphatic rings. The Morgan fingerprint density at radius 3 is 2.62 bits per heavy atom. The smallest absolute Gasteiger partial charge is 0.158 e. The van der Waals surface area contributed by atoms with Gasteiger partial charge in [-0.1, -0.05) is 37.1 Å². The topological polar surface area (TPSA) is 26.3 Å². The fourth-order valence-electron chi connectivity index (χ4n) is 1.31. The first kappa shape index (κ1) is 13.2. The average molecular weight is 241 g/mol. The molecule has 0 radical (unpaired) electrons. The van der Waals surface area contributed by atoms with Crippen molar-refractivity contribution in [1.29, 1.82) is 0 Å². The SMILES string of the molecule is CCCCC(=O)COCc1ccc(Cl)cc1. The minimum atomic E-state index is 0.177. The molecule has 0 heterocycles. The molecule has 0 aliphatic heterocycles. The monoisotopic (exact) mass is 240 g/mol. The Labute approximate surface area is 102 Å². The van der Waals surface area contributed by atoms with Gasteiger partial charge in [0, 0.05) is 11.4 Å². The molecule has 0 fully saturated rings. The Kier molecular flexibility index (Phi) is 6.12. The van der Waals surface area contributed by atoms with E-state index in [1.165, 1.54) is 0 Å². The van der Waals surface area contributed by atoms with Crippen LogP contribution in [0.15, 0.2) is 24.3 Å². The summed E-state index contributed by atoms with van der Waals surface area (Å²) >= 11 is 5.76. The van der Waals surface area contributed by atoms with Gasteiger partial charge in [0.1, 0.15) is 6.61 Å². The van der Waals surface area contributed by atoms with Crippen LogP contribution in [0.4, 0.5) is 0 Å². The first-order chi connectivity index (χ1) is 7.72. The zero-order chi connectivity index (χ0) is 11.8. The highest BCUT2D eigenvalue weighted by Gasteiger charge is 2.01. The minimum absolute atomic E-state index is 0.177. The number of ether oxygens (including phenoxy) is 1. The zero-order valence-electron chi connectivity index (χ0n) is 9.54. The summed E-state index contributed by atoms with van der Waals surface area (Å²) in [5.41, 5.74) is 1.03. The third kappa shape index (κ3) is 5.29. The Hall–Kier alpha value is -0.860. The molecule has 88 valence electrons. The molecule has 0 unspecified atom stereocenters. The van der Waals surface area contributed by atoms with E-state index in [4.69, 9.17) is 16.3 Å². The van der Waals surface area contributed by atoms with Crippen LogP contribution in [0.25, 0.3) is 0 Å². The molecule has 0 aromatic heterocycles. The maximum Gasteiger partial charge on any atom is 0.158 e. The molecule has 0 N–H and O–H groups in total. The van der Waals surface area contributed by atoms with Crippen LogP contribution in [0.2, 0.25) is 5.02 Å². The quantitative estimate of drug-likeness (QED) is 0.728. The summed E-state index contributed by atoms with van der Waals surface area (Å²) in [7, 11) is 0. The van der Waals surface area contributed by atoms with Gasteiger partial charge in [0.25, 0.3) is 0 Å². The number of carbonyl (C=O) groups is 1. The normalized spacial score (nSPS) is 10.4. The van der Waals surface area contributed by atoms with Gasteiger partial charge in [0.05, 0.1) is 6.61 Å². The number of unbranched alkanes of at least 4 members (excludes halogenated alkanes) is 1. The largest absolute Gasteiger partial charge is 0.369 e. The van der Waals surface area contributed by atoms with Crippen molar-refractivity contribution >= 4 is 17.4 Å². The van der Waals surface area contributed by atoms with Crippen molar-refractivity contribution in [3.8, 4) is 0 Å². The van der Waals surface area contributed by atoms with E-state index in [0.717, 1.165) is 18.4 Å². The van der Waals surface area contributed by atoms with E-state index in [1.54, 1.807) is 0 Å². The molecule has 3 heteroatoms. The van der Waals surface area contributed by atoms with E-state index in [1.807, 2.05) is 24.3 Å². The van der Waals surface area contributed by atoms with Crippen molar-refractivity contribution in [2.24, 2.45) is 0 Å². The molecular formula is C13H17ClO2. The number of hydrogen-bond acceptors (Lipinski definition) is 2. The Balaban J connectivity index is 2.20. The highest BCUT2D eigenvalue weighted by molar-refractivity contribution is 6.30. The van der Waals surface area contributed by atoms with Crippen molar-refractivity contribution in [1.82, 2.24) is 0 Å². The number of Topliss-reactive ketones (excluding diaryl/α,β-unsaturated/α-hetero) is 1. The van der Waals surface area contributed by atoms with Gasteiger partial charge in [-0.2, -0.15) is 0 Å². The van der Waals surface area contributed by atoms with Gasteiger partial charge in [0.15, 0.2) is 5.78 Å². The van der Waals surface area contributed by atoms with Crippen molar-refractivity contribution in [2.45, 2.75) is 32.8 Å². The van der Waals surface area contributed by atoms with Gasteiger partial charge in [-0.05, 0) is 24.1 Å². The number of benzene rings is 1. The second-order valence-corrected chi connectivity index (χ2v) is 4.20. The molecule has 2 nitrogen and oxygen atoms in total. The molecule has 1 aromatic carbocycles. The highest BCUT2D eigenvalue weighted by atomic mass is 35.5. The number of halogens is 1. The summed E-state index contributed by atoms with van der Waals surface area (Å²) in [6.45, 7) is 2.75. The second kappa shape index (κ2) is 7.42. The maximum atomic E-state index is 11.3. The average Bonchev–Trinajstić information content (AvgIpc) is 2.29. The fourth-order valence-corrected chi connectivity index (χ4v) is 1.44. The summed E-state index contributed by atoms with van der Waals surface area (Å²) in [6, 6.07) is 7.44. The van der Waals surface area contributed by atoms with Crippen molar-refractivity contribution < 1.29 is 9.53 Å². The van der Waals surface area contributed by atoms with E-state index >= 15 is 0 Å². The molecule has 0 saturated carbocycles. The van der Waals surface area contributed by atoms with Crippen LogP contribution in [-0.2, 0) is 16.1 Å². The summed E-state index contributed by atoms with van der Waals surface area (Å²) in [5.74, 6) is 0.177. The lowest BCUT2D eigenvalue weighted by molar-refractivity contribution is -0.124. The molecule has 0 atom stereocenters. The fraction of sp³-hybridized carbons (Fsp3) is 0.462. The van der Waals surface area contributed by atoms with Gasteiger partial charge in [-0.15, -0.1) is 0 Å². The highest BCUT2D eigenvalue weighted by Crippen LogP contribution is 2.10. The first-order valence-corrected chi connectivity index (χ1v) is 5.94. The molecule has 0 spiro atoms. The number of hydrogen-bond donors (Lipinski definition) is 0. The number of rotatable bonds is 7. The Morgan fingerprint density at radius 1 is 1.31 bits per heavy atom. The van der Waals surface area contributed by atoms with Crippen LogP contribution in [0, 0.1) is 0 Å². The minimum Gasteiger partial charge on any atom is -0.369 e. The first-order valence-electron chi connectivity index (χ1n) is 5.56. The lowest BCUT2D eigenvalue weighted by Crippen LogP contribution is -2.08. The standard InChI is InChI=1S/C13H17ClO2/c1-2-3-4-13(15)10-16-9-11-5-7-12(14)8-6-11/h5-8H,2-4,9-10H2,1H3. The molecule has 16 heavy (non-hydrogen) atoms. The zero-order valence-corrected chi connectivity index (χ0v) is 10.3. The molecule has 0 bridgehead atoms. The van der Waals surface area contributed by atoms with E-state index in [9.17, 15) is 4.79 Å². The maximum absolute atomic E-state index is 11.3. The molecule has 1 aromatic rings. The Morgan fingerprint density at radius 2 is 2.00 bits per heavy atom. The van der Waals surface area contributed by atoms with Gasteiger partial charge < -0.3 is 4.74 Å². The lowest BCUT2D eigenvalue weighted by Gasteiger charge is -2.03. The van der Waals surface area contributed by atoms with Crippen LogP contribution in [-0.4, -0.2) is 12.4 Å². The summed E-state index contributed by atoms with van der Waals surface area (Å²) in [4.78, 5) is 11.3. The molecule has 1 rings (SSSR count). The predicted molar refractivity (Wildman–Crippen MR) is 65.6 cm³/mol. The van der Waals surface area contributed by atoms with E-state index < -0.39 is 0 Å². The van der Waals surface area contributed by atoms with Crippen molar-refractivity contribution in [2.75, 3.05) is 6.61 Å². The van der Waals surface area contributed by atoms with Gasteiger partial charge >= 0.3 is 0 Å². The van der Waals surface area contributed by atoms with Crippen LogP contribution in [0.3, 0.4) is 0 Å².